The molecule has 1 N–H and O–H groups in total. The molecule has 0 fully saturated rings. The van der Waals surface area contributed by atoms with Crippen molar-refractivity contribution in [2.75, 3.05) is 5.75 Å². The molecule has 0 aromatic carbocycles. The molecule has 0 aliphatic heterocycles. The number of nitrogens with zero attached hydrogens (tertiary/aromatic N) is 5. The molecular weight excluding hydrogens is 254 g/mol. The van der Waals surface area contributed by atoms with Crippen LogP contribution in [0.3, 0.4) is 0 Å². The van der Waals surface area contributed by atoms with Crippen molar-refractivity contribution in [2.45, 2.75) is 18.6 Å². The fourth-order valence-corrected chi connectivity index (χ4v) is 2.22. The zero-order valence-corrected chi connectivity index (χ0v) is 10.9. The number of thioether (sulfide) groups is 1. The molecule has 0 amide bonds. The van der Waals surface area contributed by atoms with E-state index in [0.717, 1.165) is 23.1 Å². The smallest absolute Gasteiger partial charge is 0.313 e. The van der Waals surface area contributed by atoms with Crippen molar-refractivity contribution in [2.24, 2.45) is 7.05 Å². The first-order valence-corrected chi connectivity index (χ1v) is 6.26. The van der Waals surface area contributed by atoms with Gasteiger partial charge in [-0.3, -0.25) is 9.48 Å². The van der Waals surface area contributed by atoms with Crippen molar-refractivity contribution in [3.63, 3.8) is 0 Å². The number of aliphatic carboxylic acids is 1. The van der Waals surface area contributed by atoms with Gasteiger partial charge in [0.25, 0.3) is 0 Å². The van der Waals surface area contributed by atoms with Gasteiger partial charge in [0.1, 0.15) is 5.82 Å². The Morgan fingerprint density at radius 3 is 2.89 bits per heavy atom. The number of carboxylic acid groups (broad SMARTS) is 1. The van der Waals surface area contributed by atoms with Crippen LogP contribution in [0.1, 0.15) is 11.4 Å². The van der Waals surface area contributed by atoms with Crippen LogP contribution in [0.25, 0.3) is 0 Å². The Labute approximate surface area is 108 Å². The zero-order chi connectivity index (χ0) is 13.1. The predicted molar refractivity (Wildman–Crippen MR) is 65.4 cm³/mol. The lowest BCUT2D eigenvalue weighted by atomic mass is 10.3. The third-order valence-corrected chi connectivity index (χ3v) is 3.28. The van der Waals surface area contributed by atoms with E-state index in [1.807, 2.05) is 24.7 Å². The molecule has 0 aliphatic rings. The lowest BCUT2D eigenvalue weighted by molar-refractivity contribution is -0.133. The average molecular weight is 267 g/mol. The summed E-state index contributed by atoms with van der Waals surface area (Å²) in [6, 6.07) is 0. The van der Waals surface area contributed by atoms with Gasteiger partial charge in [-0.15, -0.1) is 10.2 Å². The van der Waals surface area contributed by atoms with Crippen molar-refractivity contribution in [3.8, 4) is 0 Å². The average Bonchev–Trinajstić information content (AvgIpc) is 2.85. The minimum atomic E-state index is -0.867. The summed E-state index contributed by atoms with van der Waals surface area (Å²) in [7, 11) is 1.85. The van der Waals surface area contributed by atoms with Gasteiger partial charge >= 0.3 is 5.97 Å². The van der Waals surface area contributed by atoms with Gasteiger partial charge in [0.15, 0.2) is 5.16 Å². The monoisotopic (exact) mass is 267 g/mol. The number of aryl methyl sites for hydroxylation is 2. The van der Waals surface area contributed by atoms with Gasteiger partial charge in [0.2, 0.25) is 0 Å². The predicted octanol–water partition coefficient (Wildman–Crippen LogP) is 0.545. The maximum atomic E-state index is 10.6. The molecule has 0 spiro atoms. The van der Waals surface area contributed by atoms with Crippen molar-refractivity contribution in [1.82, 2.24) is 24.5 Å². The standard InChI is InChI=1S/C10H13N5O2S/c1-7-12-13-10(18-6-9(16)17)15(7)5-8-3-11-14(2)4-8/h3-4H,5-6H2,1-2H3,(H,16,17). The van der Waals surface area contributed by atoms with Crippen molar-refractivity contribution < 1.29 is 9.90 Å². The van der Waals surface area contributed by atoms with Gasteiger partial charge in [-0.05, 0) is 6.92 Å². The van der Waals surface area contributed by atoms with Crippen LogP contribution in [0, 0.1) is 6.92 Å². The van der Waals surface area contributed by atoms with Gasteiger partial charge < -0.3 is 9.67 Å². The normalized spacial score (nSPS) is 10.8. The Kier molecular flexibility index (Phi) is 3.66. The molecule has 0 radical (unpaired) electrons. The SMILES string of the molecule is Cc1nnc(SCC(=O)O)n1Cc1cnn(C)c1. The van der Waals surface area contributed by atoms with E-state index < -0.39 is 5.97 Å². The van der Waals surface area contributed by atoms with Crippen molar-refractivity contribution in [3.05, 3.63) is 23.8 Å². The summed E-state index contributed by atoms with van der Waals surface area (Å²) in [5.41, 5.74) is 1.03. The molecule has 0 aliphatic carbocycles. The van der Waals surface area contributed by atoms with Gasteiger partial charge in [-0.1, -0.05) is 11.8 Å². The molecule has 0 atom stereocenters. The van der Waals surface area contributed by atoms with E-state index in [9.17, 15) is 4.79 Å². The Bertz CT molecular complexity index is 562. The van der Waals surface area contributed by atoms with Crippen LogP contribution >= 0.6 is 11.8 Å². The molecule has 2 rings (SSSR count). The molecule has 0 unspecified atom stereocenters. The van der Waals surface area contributed by atoms with E-state index in [4.69, 9.17) is 5.11 Å². The number of rotatable bonds is 5. The van der Waals surface area contributed by atoms with Crippen LogP contribution in [0.2, 0.25) is 0 Å². The molecule has 2 aromatic rings. The van der Waals surface area contributed by atoms with E-state index in [2.05, 4.69) is 15.3 Å². The highest BCUT2D eigenvalue weighted by Crippen LogP contribution is 2.17. The van der Waals surface area contributed by atoms with Gasteiger partial charge in [-0.2, -0.15) is 5.10 Å². The summed E-state index contributed by atoms with van der Waals surface area (Å²) in [5.74, 6) is -0.133. The quantitative estimate of drug-likeness (QED) is 0.796. The largest absolute Gasteiger partial charge is 0.481 e. The van der Waals surface area contributed by atoms with E-state index >= 15 is 0 Å². The Morgan fingerprint density at radius 2 is 2.28 bits per heavy atom. The second-order valence-electron chi connectivity index (χ2n) is 3.82. The fraction of sp³-hybridized carbons (Fsp3) is 0.400. The maximum Gasteiger partial charge on any atom is 0.313 e. The van der Waals surface area contributed by atoms with Crippen LogP contribution in [0.5, 0.6) is 0 Å². The highest BCUT2D eigenvalue weighted by molar-refractivity contribution is 7.99. The third kappa shape index (κ3) is 2.89. The molecule has 7 nitrogen and oxygen atoms in total. The summed E-state index contributed by atoms with van der Waals surface area (Å²) >= 11 is 1.16. The van der Waals surface area contributed by atoms with Gasteiger partial charge in [0, 0.05) is 18.8 Å². The molecular formula is C10H13N5O2S. The minimum Gasteiger partial charge on any atom is -0.481 e. The Balaban J connectivity index is 2.16. The van der Waals surface area contributed by atoms with Crippen LogP contribution < -0.4 is 0 Å². The van der Waals surface area contributed by atoms with Gasteiger partial charge in [0.05, 0.1) is 18.5 Å². The summed E-state index contributed by atoms with van der Waals surface area (Å²) in [6.07, 6.45) is 3.68. The van der Waals surface area contributed by atoms with Gasteiger partial charge in [-0.25, -0.2) is 0 Å². The number of carboxylic acids is 1. The lowest BCUT2D eigenvalue weighted by Gasteiger charge is -2.05. The number of hydrogen-bond donors (Lipinski definition) is 1. The second-order valence-corrected chi connectivity index (χ2v) is 4.76. The number of hydrogen-bond acceptors (Lipinski definition) is 5. The zero-order valence-electron chi connectivity index (χ0n) is 10.1. The lowest BCUT2D eigenvalue weighted by Crippen LogP contribution is -2.05. The molecule has 0 bridgehead atoms. The summed E-state index contributed by atoms with van der Waals surface area (Å²) in [6.45, 7) is 2.43. The second kappa shape index (κ2) is 5.21. The number of carbonyl (C=O) groups is 1. The molecule has 0 saturated carbocycles. The van der Waals surface area contributed by atoms with E-state index in [0.29, 0.717) is 11.7 Å². The highest BCUT2D eigenvalue weighted by Gasteiger charge is 2.12. The summed E-state index contributed by atoms with van der Waals surface area (Å²) in [4.78, 5) is 10.6. The van der Waals surface area contributed by atoms with E-state index in [-0.39, 0.29) is 5.75 Å². The van der Waals surface area contributed by atoms with Crippen LogP contribution in [0.15, 0.2) is 17.6 Å². The summed E-state index contributed by atoms with van der Waals surface area (Å²) in [5, 5.41) is 21.3. The third-order valence-electron chi connectivity index (χ3n) is 2.33. The first-order chi connectivity index (χ1) is 8.56. The molecule has 18 heavy (non-hydrogen) atoms. The van der Waals surface area contributed by atoms with Crippen molar-refractivity contribution >= 4 is 17.7 Å². The van der Waals surface area contributed by atoms with E-state index in [1.54, 1.807) is 10.9 Å². The van der Waals surface area contributed by atoms with E-state index in [1.165, 1.54) is 0 Å². The first-order valence-electron chi connectivity index (χ1n) is 5.28. The topological polar surface area (TPSA) is 85.8 Å². The fourth-order valence-electron chi connectivity index (χ4n) is 1.51. The minimum absolute atomic E-state index is 0.0226. The molecule has 8 heteroatoms. The Morgan fingerprint density at radius 1 is 1.50 bits per heavy atom. The molecule has 96 valence electrons. The summed E-state index contributed by atoms with van der Waals surface area (Å²) < 4.78 is 3.60. The molecule has 2 heterocycles. The Hall–Kier alpha value is -1.83. The number of aromatic nitrogens is 5. The van der Waals surface area contributed by atoms with Crippen LogP contribution in [-0.4, -0.2) is 41.4 Å². The maximum absolute atomic E-state index is 10.6. The highest BCUT2D eigenvalue weighted by atomic mass is 32.2. The van der Waals surface area contributed by atoms with Crippen molar-refractivity contribution in [1.29, 1.82) is 0 Å². The van der Waals surface area contributed by atoms with Crippen LogP contribution in [0.4, 0.5) is 0 Å². The van der Waals surface area contributed by atoms with Crippen LogP contribution in [-0.2, 0) is 18.4 Å². The first kappa shape index (κ1) is 12.6. The molecule has 0 saturated heterocycles. The molecule has 2 aromatic heterocycles.